The van der Waals surface area contributed by atoms with Gasteiger partial charge in [-0.15, -0.1) is 0 Å². The van der Waals surface area contributed by atoms with E-state index in [1.165, 1.54) is 0 Å². The summed E-state index contributed by atoms with van der Waals surface area (Å²) in [5, 5.41) is 0. The second-order valence-corrected chi connectivity index (χ2v) is 61.0. The maximum atomic E-state index is 6.88. The van der Waals surface area contributed by atoms with Gasteiger partial charge in [-0.1, -0.05) is 6.92 Å². The molecule has 59 heavy (non-hydrogen) atoms. The van der Waals surface area contributed by atoms with Gasteiger partial charge in [0.1, 0.15) is 0 Å². The molecule has 32 heteroatoms. The molecule has 0 aromatic rings. The van der Waals surface area contributed by atoms with E-state index < -0.39 is 135 Å². The lowest BCUT2D eigenvalue weighted by atomic mass is 10.3. The summed E-state index contributed by atoms with van der Waals surface area (Å²) in [7, 11) is -34.9. The van der Waals surface area contributed by atoms with Crippen LogP contribution in [0.15, 0.2) is 0 Å². The third kappa shape index (κ3) is 21.4. The summed E-state index contributed by atoms with van der Waals surface area (Å²) in [5.41, 5.74) is -0.00133. The molecule has 3 rings (SSSR count). The zero-order valence-corrected chi connectivity index (χ0v) is 56.3. The van der Waals surface area contributed by atoms with Crippen molar-refractivity contribution in [2.75, 3.05) is 0 Å². The van der Waals surface area contributed by atoms with Gasteiger partial charge in [0.25, 0.3) is 18.6 Å². The van der Waals surface area contributed by atoms with Gasteiger partial charge in [0.05, 0.1) is 6.10 Å². The molecule has 0 aromatic carbocycles. The van der Waals surface area contributed by atoms with Crippen LogP contribution in [0, 0.1) is 0 Å². The van der Waals surface area contributed by atoms with Crippen LogP contribution in [-0.4, -0.2) is 153 Å². The van der Waals surface area contributed by atoms with Gasteiger partial charge in [0, 0.05) is 17.7 Å². The number of rotatable bonds is 16. The van der Waals surface area contributed by atoms with Crippen LogP contribution in [0.5, 0.6) is 0 Å². The third-order valence-electron chi connectivity index (χ3n) is 9.10. The van der Waals surface area contributed by atoms with Gasteiger partial charge in [-0.25, -0.2) is 0 Å². The van der Waals surface area contributed by atoms with E-state index in [2.05, 4.69) is 53.5 Å². The van der Waals surface area contributed by atoms with Crippen LogP contribution < -0.4 is 0 Å². The molecule has 17 nitrogen and oxygen atoms in total. The number of hydrogen-bond acceptors (Lipinski definition) is 17. The van der Waals surface area contributed by atoms with E-state index in [1.54, 1.807) is 0 Å². The fourth-order valence-electron chi connectivity index (χ4n) is 7.47. The first kappa shape index (κ1) is 55.9. The van der Waals surface area contributed by atoms with Crippen molar-refractivity contribution in [2.24, 2.45) is 0 Å². The van der Waals surface area contributed by atoms with Crippen molar-refractivity contribution in [3.63, 3.8) is 0 Å². The van der Waals surface area contributed by atoms with Crippen LogP contribution in [0.25, 0.3) is 0 Å². The Balaban J connectivity index is 1.57. The van der Waals surface area contributed by atoms with E-state index in [4.69, 9.17) is 70.9 Å². The first-order chi connectivity index (χ1) is 26.7. The summed E-state index contributed by atoms with van der Waals surface area (Å²) in [4.78, 5) is 0. The van der Waals surface area contributed by atoms with Crippen molar-refractivity contribution in [1.29, 1.82) is 0 Å². The summed E-state index contributed by atoms with van der Waals surface area (Å²) in [6, 6.07) is 1.89. The highest BCUT2D eigenvalue weighted by Crippen LogP contribution is 2.31. The summed E-state index contributed by atoms with van der Waals surface area (Å²) in [6.45, 7) is 43.2. The molecule has 0 aliphatic carbocycles. The molecule has 0 N–H and O–H groups in total. The molecule has 3 aliphatic heterocycles. The maximum Gasteiger partial charge on any atom is 0.466 e. The SMILES string of the molecule is CC1C[SiH](C)O[SiH](C)O[SiH](O[Si](C)(C)O[Si](C)(C)O[Si](C)(C)O[SiH]2OC(C)C(C)[SiH](O[Si](C)(C)O[Si](C)(C)O[Si](C)(C)O[SiH]3OC(C)C[SiH](C)O[SiH](C)O3)O[SiH](C)O2)O1. The molecular weight excluding hydrogens is 1020 g/mol. The standard InChI is InChI=1S/C27H80O17Si15/c1-24-22-45(5)31-47(7)34-51(28-24)38-55(12,13)42-58(18,19)41-54(10,11)37-50-27(4)26(3)30-53(36-49(9)33-50)40-57(16,17)44-59(20,21)43-56(14,15)39-52-29-25(2)23-46(6)32-48(8)35-52/h24-27,45-53H,22-23H2,1-21H3. The van der Waals surface area contributed by atoms with Crippen molar-refractivity contribution in [3.05, 3.63) is 0 Å². The Kier molecular flexibility index (Phi) is 21.8. The highest BCUT2D eigenvalue weighted by Gasteiger charge is 2.49. The molecule has 3 aliphatic rings. The molecule has 0 amide bonds. The van der Waals surface area contributed by atoms with E-state index in [0.717, 1.165) is 12.1 Å². The van der Waals surface area contributed by atoms with E-state index in [0.29, 0.717) is 0 Å². The summed E-state index contributed by atoms with van der Waals surface area (Å²) < 4.78 is 111. The van der Waals surface area contributed by atoms with Crippen LogP contribution in [0.2, 0.25) is 129 Å². The fourth-order valence-corrected chi connectivity index (χ4v) is 62.7. The van der Waals surface area contributed by atoms with Gasteiger partial charge in [0.15, 0.2) is 18.1 Å². The van der Waals surface area contributed by atoms with Gasteiger partial charge in [-0.2, -0.15) is 0 Å². The molecule has 0 bridgehead atoms. The van der Waals surface area contributed by atoms with Crippen molar-refractivity contribution in [1.82, 2.24) is 0 Å². The molecule has 13 unspecified atom stereocenters. The lowest BCUT2D eigenvalue weighted by Gasteiger charge is -2.43. The second-order valence-electron chi connectivity index (χ2n) is 18.7. The van der Waals surface area contributed by atoms with Crippen molar-refractivity contribution in [2.45, 2.75) is 175 Å². The zero-order chi connectivity index (χ0) is 44.9. The monoisotopic (exact) mass is 1100 g/mol. The molecule has 3 heterocycles. The van der Waals surface area contributed by atoms with Gasteiger partial charge in [0.2, 0.25) is 0 Å². The predicted molar refractivity (Wildman–Crippen MR) is 264 cm³/mol. The van der Waals surface area contributed by atoms with E-state index in [1.807, 2.05) is 85.5 Å². The Hall–Kier alpha value is 2.57. The van der Waals surface area contributed by atoms with Crippen molar-refractivity contribution in [3.8, 4) is 0 Å². The normalized spacial score (nSPS) is 35.8. The molecule has 3 saturated heterocycles. The van der Waals surface area contributed by atoms with Crippen LogP contribution >= 0.6 is 0 Å². The molecule has 3 fully saturated rings. The van der Waals surface area contributed by atoms with Gasteiger partial charge < -0.3 is 70.9 Å². The van der Waals surface area contributed by atoms with Crippen LogP contribution in [0.4, 0.5) is 0 Å². The smallest absolute Gasteiger partial charge is 0.441 e. The Labute approximate surface area is 378 Å². The molecule has 0 spiro atoms. The largest absolute Gasteiger partial charge is 0.466 e. The Morgan fingerprint density at radius 1 is 0.390 bits per heavy atom. The number of hydrogen-bond donors (Lipinski definition) is 0. The fraction of sp³-hybridized carbons (Fsp3) is 1.00. The quantitative estimate of drug-likeness (QED) is 0.206. The topological polar surface area (TPSA) is 157 Å². The minimum Gasteiger partial charge on any atom is -0.441 e. The minimum atomic E-state index is -2.82. The maximum absolute atomic E-state index is 6.88. The molecule has 0 radical (unpaired) electrons. The summed E-state index contributed by atoms with van der Waals surface area (Å²) in [5.74, 6) is 0. The van der Waals surface area contributed by atoms with Gasteiger partial charge in [-0.3, -0.25) is 0 Å². The van der Waals surface area contributed by atoms with E-state index in [9.17, 15) is 0 Å². The molecule has 0 saturated carbocycles. The average molecular weight is 1100 g/mol. The molecule has 13 atom stereocenters. The zero-order valence-electron chi connectivity index (χ0n) is 39.9. The Morgan fingerprint density at radius 3 is 1.05 bits per heavy atom. The van der Waals surface area contributed by atoms with Crippen LogP contribution in [0.1, 0.15) is 27.7 Å². The van der Waals surface area contributed by atoms with Crippen molar-refractivity contribution >= 4 is 135 Å². The summed E-state index contributed by atoms with van der Waals surface area (Å²) in [6.07, 6.45) is -0.142. The second kappa shape index (κ2) is 23.0. The Morgan fingerprint density at radius 2 is 0.695 bits per heavy atom. The molecule has 0 aromatic heterocycles. The van der Waals surface area contributed by atoms with Crippen LogP contribution in [0.3, 0.4) is 0 Å². The van der Waals surface area contributed by atoms with Crippen molar-refractivity contribution < 1.29 is 70.9 Å². The minimum absolute atomic E-state index is 0.00133. The van der Waals surface area contributed by atoms with Gasteiger partial charge >= 0.3 is 98.5 Å². The van der Waals surface area contributed by atoms with Crippen LogP contribution in [-0.2, 0) is 70.9 Å². The first-order valence-corrected chi connectivity index (χ1v) is 55.1. The third-order valence-corrected chi connectivity index (χ3v) is 59.9. The lowest BCUT2D eigenvalue weighted by Crippen LogP contribution is -2.60. The molecule has 350 valence electrons. The highest BCUT2D eigenvalue weighted by molar-refractivity contribution is 6.88. The molecular formula is C27H80O17Si15. The lowest BCUT2D eigenvalue weighted by molar-refractivity contribution is 0.105. The highest BCUT2D eigenvalue weighted by atomic mass is 28.5. The van der Waals surface area contributed by atoms with E-state index in [-0.39, 0.29) is 23.9 Å². The van der Waals surface area contributed by atoms with E-state index >= 15 is 0 Å². The first-order valence-electron chi connectivity index (χ1n) is 21.1. The average Bonchev–Trinajstić information content (AvgIpc) is 2.94. The predicted octanol–water partition coefficient (Wildman–Crippen LogP) is 3.71. The Bertz CT molecular complexity index is 1270. The summed E-state index contributed by atoms with van der Waals surface area (Å²) >= 11 is 0. The van der Waals surface area contributed by atoms with Gasteiger partial charge in [-0.05, 0) is 144 Å².